The summed E-state index contributed by atoms with van der Waals surface area (Å²) in [6.45, 7) is 0.708. The molecule has 1 aromatic rings. The van der Waals surface area contributed by atoms with Gasteiger partial charge in [0.15, 0.2) is 0 Å². The Kier molecular flexibility index (Phi) is 4.76. The van der Waals surface area contributed by atoms with Crippen LogP contribution < -0.4 is 5.32 Å². The minimum Gasteiger partial charge on any atom is -0.346 e. The lowest BCUT2D eigenvalue weighted by molar-refractivity contribution is -0.123. The number of carbonyl (C=O) groups excluding carboxylic acids is 1. The summed E-state index contributed by atoms with van der Waals surface area (Å²) in [5, 5.41) is 3.10. The highest BCUT2D eigenvalue weighted by atomic mass is 19.1. The maximum atomic E-state index is 14.1. The quantitative estimate of drug-likeness (QED) is 0.898. The number of hydrogen-bond donors (Lipinski definition) is 1. The minimum atomic E-state index is -0.505. The lowest BCUT2D eigenvalue weighted by Crippen LogP contribution is -2.45. The van der Waals surface area contributed by atoms with Gasteiger partial charge < -0.3 is 10.2 Å². The van der Waals surface area contributed by atoms with Gasteiger partial charge in [0.25, 0.3) is 0 Å². The van der Waals surface area contributed by atoms with Crippen molar-refractivity contribution in [2.24, 2.45) is 0 Å². The van der Waals surface area contributed by atoms with Gasteiger partial charge >= 0.3 is 0 Å². The number of hydrogen-bond acceptors (Lipinski definition) is 2. The molecule has 1 aliphatic rings. The van der Waals surface area contributed by atoms with Crippen LogP contribution in [-0.4, -0.2) is 31.4 Å². The molecule has 0 heterocycles. The predicted molar refractivity (Wildman–Crippen MR) is 77.9 cm³/mol. The number of nitrogens with zero attached hydrogens (tertiary/aromatic N) is 1. The number of rotatable bonds is 5. The van der Waals surface area contributed by atoms with Crippen molar-refractivity contribution in [2.75, 3.05) is 20.6 Å². The molecule has 0 radical (unpaired) electrons. The van der Waals surface area contributed by atoms with Crippen LogP contribution >= 0.6 is 0 Å². The van der Waals surface area contributed by atoms with Gasteiger partial charge in [0.2, 0.25) is 5.91 Å². The number of carbonyl (C=O) groups is 1. The Bertz CT molecular complexity index is 467. The third kappa shape index (κ3) is 3.37. The van der Waals surface area contributed by atoms with Crippen molar-refractivity contribution in [1.29, 1.82) is 0 Å². The summed E-state index contributed by atoms with van der Waals surface area (Å²) < 4.78 is 14.1. The Labute approximate surface area is 120 Å². The van der Waals surface area contributed by atoms with E-state index in [2.05, 4.69) is 5.32 Å². The number of amides is 1. The van der Waals surface area contributed by atoms with Crippen molar-refractivity contribution >= 4 is 5.91 Å². The van der Waals surface area contributed by atoms with E-state index in [4.69, 9.17) is 0 Å². The van der Waals surface area contributed by atoms with Crippen molar-refractivity contribution in [3.63, 3.8) is 0 Å². The van der Waals surface area contributed by atoms with Gasteiger partial charge in [-0.15, -0.1) is 0 Å². The molecule has 0 aromatic heterocycles. The standard InChI is InChI=1S/C16H23FN2O/c1-19(2)12-9-15(20)18-16(10-5-6-11-16)13-7-3-4-8-14(13)17/h3-4,7-8H,5-6,9-12H2,1-2H3,(H,18,20). The third-order valence-electron chi connectivity index (χ3n) is 4.01. The zero-order chi connectivity index (χ0) is 14.6. The Morgan fingerprint density at radius 2 is 1.95 bits per heavy atom. The van der Waals surface area contributed by atoms with Crippen LogP contribution in [0.3, 0.4) is 0 Å². The first-order valence-electron chi connectivity index (χ1n) is 7.24. The second-order valence-corrected chi connectivity index (χ2v) is 5.87. The second-order valence-electron chi connectivity index (χ2n) is 5.87. The molecule has 0 atom stereocenters. The van der Waals surface area contributed by atoms with Crippen molar-refractivity contribution in [3.05, 3.63) is 35.6 Å². The van der Waals surface area contributed by atoms with Crippen molar-refractivity contribution in [1.82, 2.24) is 10.2 Å². The van der Waals surface area contributed by atoms with Crippen molar-refractivity contribution in [3.8, 4) is 0 Å². The smallest absolute Gasteiger partial charge is 0.221 e. The normalized spacial score (nSPS) is 17.4. The fourth-order valence-corrected chi connectivity index (χ4v) is 2.94. The third-order valence-corrected chi connectivity index (χ3v) is 4.01. The van der Waals surface area contributed by atoms with Gasteiger partial charge in [-0.2, -0.15) is 0 Å². The fourth-order valence-electron chi connectivity index (χ4n) is 2.94. The van der Waals surface area contributed by atoms with E-state index < -0.39 is 5.54 Å². The van der Waals surface area contributed by atoms with E-state index in [-0.39, 0.29) is 11.7 Å². The van der Waals surface area contributed by atoms with Gasteiger partial charge in [-0.3, -0.25) is 4.79 Å². The summed E-state index contributed by atoms with van der Waals surface area (Å²) >= 11 is 0. The van der Waals surface area contributed by atoms with E-state index in [9.17, 15) is 9.18 Å². The largest absolute Gasteiger partial charge is 0.346 e. The van der Waals surface area contributed by atoms with Gasteiger partial charge in [-0.05, 0) is 33.0 Å². The Morgan fingerprint density at radius 3 is 2.55 bits per heavy atom. The van der Waals surface area contributed by atoms with Crippen molar-refractivity contribution < 1.29 is 9.18 Å². The zero-order valence-corrected chi connectivity index (χ0v) is 12.3. The lowest BCUT2D eigenvalue weighted by Gasteiger charge is -2.31. The summed E-state index contributed by atoms with van der Waals surface area (Å²) in [4.78, 5) is 14.1. The van der Waals surface area contributed by atoms with E-state index in [1.165, 1.54) is 6.07 Å². The van der Waals surface area contributed by atoms with Gasteiger partial charge in [0.05, 0.1) is 5.54 Å². The number of halogens is 1. The first-order valence-corrected chi connectivity index (χ1v) is 7.24. The van der Waals surface area contributed by atoms with Crippen LogP contribution in [0, 0.1) is 5.82 Å². The monoisotopic (exact) mass is 278 g/mol. The van der Waals surface area contributed by atoms with Crippen LogP contribution in [-0.2, 0) is 10.3 Å². The van der Waals surface area contributed by atoms with E-state index in [1.807, 2.05) is 25.1 Å². The van der Waals surface area contributed by atoms with Gasteiger partial charge in [-0.25, -0.2) is 4.39 Å². The molecular formula is C16H23FN2O. The lowest BCUT2D eigenvalue weighted by atomic mass is 9.87. The molecule has 0 unspecified atom stereocenters. The Hall–Kier alpha value is -1.42. The average Bonchev–Trinajstić information content (AvgIpc) is 2.86. The first-order chi connectivity index (χ1) is 9.53. The number of benzene rings is 1. The highest BCUT2D eigenvalue weighted by Crippen LogP contribution is 2.39. The first kappa shape index (κ1) is 15.0. The molecule has 0 bridgehead atoms. The van der Waals surface area contributed by atoms with E-state index in [1.54, 1.807) is 12.1 Å². The highest BCUT2D eigenvalue weighted by Gasteiger charge is 2.38. The second kappa shape index (κ2) is 6.35. The van der Waals surface area contributed by atoms with Gasteiger partial charge in [0, 0.05) is 18.5 Å². The molecule has 110 valence electrons. The summed E-state index contributed by atoms with van der Waals surface area (Å²) in [6.07, 6.45) is 4.15. The molecule has 4 heteroatoms. The average molecular weight is 278 g/mol. The summed E-state index contributed by atoms with van der Waals surface area (Å²) in [7, 11) is 3.88. The molecule has 0 saturated heterocycles. The van der Waals surface area contributed by atoms with Gasteiger partial charge in [0.1, 0.15) is 5.82 Å². The molecule has 1 N–H and O–H groups in total. The zero-order valence-electron chi connectivity index (χ0n) is 12.3. The fraction of sp³-hybridized carbons (Fsp3) is 0.562. The van der Waals surface area contributed by atoms with E-state index in [0.717, 1.165) is 25.7 Å². The summed E-state index contributed by atoms with van der Waals surface area (Å²) in [5.41, 5.74) is 0.130. The molecule has 0 spiro atoms. The SMILES string of the molecule is CN(C)CCC(=O)NC1(c2ccccc2F)CCCC1. The highest BCUT2D eigenvalue weighted by molar-refractivity contribution is 5.77. The van der Waals surface area contributed by atoms with Crippen LogP contribution in [0.2, 0.25) is 0 Å². The molecule has 1 amide bonds. The van der Waals surface area contributed by atoms with Crippen LogP contribution in [0.15, 0.2) is 24.3 Å². The topological polar surface area (TPSA) is 32.3 Å². The minimum absolute atomic E-state index is 0.00357. The molecule has 1 saturated carbocycles. The molecule has 20 heavy (non-hydrogen) atoms. The van der Waals surface area contributed by atoms with Crippen LogP contribution in [0.4, 0.5) is 4.39 Å². The predicted octanol–water partition coefficient (Wildman–Crippen LogP) is 2.66. The molecule has 0 aliphatic heterocycles. The van der Waals surface area contributed by atoms with E-state index >= 15 is 0 Å². The van der Waals surface area contributed by atoms with Gasteiger partial charge in [-0.1, -0.05) is 31.0 Å². The maximum absolute atomic E-state index is 14.1. The van der Waals surface area contributed by atoms with Crippen LogP contribution in [0.25, 0.3) is 0 Å². The Morgan fingerprint density at radius 1 is 1.30 bits per heavy atom. The molecular weight excluding hydrogens is 255 g/mol. The van der Waals surface area contributed by atoms with Crippen LogP contribution in [0.1, 0.15) is 37.7 Å². The molecule has 1 aliphatic carbocycles. The summed E-state index contributed by atoms with van der Waals surface area (Å²) in [5.74, 6) is -0.217. The summed E-state index contributed by atoms with van der Waals surface area (Å²) in [6, 6.07) is 6.80. The maximum Gasteiger partial charge on any atom is 0.221 e. The Balaban J connectivity index is 2.14. The molecule has 3 nitrogen and oxygen atoms in total. The molecule has 1 fully saturated rings. The number of nitrogens with one attached hydrogen (secondary N) is 1. The molecule has 1 aromatic carbocycles. The van der Waals surface area contributed by atoms with E-state index in [0.29, 0.717) is 18.5 Å². The van der Waals surface area contributed by atoms with Crippen LogP contribution in [0.5, 0.6) is 0 Å². The molecule has 2 rings (SSSR count). The van der Waals surface area contributed by atoms with Crippen molar-refractivity contribution in [2.45, 2.75) is 37.6 Å².